The molecule has 53 heavy (non-hydrogen) atoms. The Balaban J connectivity index is 0.00000152. The lowest BCUT2D eigenvalue weighted by atomic mass is 9.90. The third-order valence-electron chi connectivity index (χ3n) is 9.24. The molecule has 4 N–H and O–H groups in total. The molecular weight excluding hydrogens is 667 g/mol. The van der Waals surface area contributed by atoms with Crippen molar-refractivity contribution in [2.75, 3.05) is 26.9 Å². The molecule has 1 fully saturated rings. The number of H-pyrrole nitrogens is 2. The molecule has 1 aliphatic heterocycles. The number of alkyl carbamates (subject to hydrolysis) is 1. The van der Waals surface area contributed by atoms with Crippen molar-refractivity contribution in [1.29, 1.82) is 0 Å². The zero-order valence-corrected chi connectivity index (χ0v) is 31.0. The lowest BCUT2D eigenvalue weighted by Crippen LogP contribution is -2.53. The number of nitrogens with zero attached hydrogens (tertiary/aromatic N) is 3. The zero-order chi connectivity index (χ0) is 38.3. The van der Waals surface area contributed by atoms with Crippen LogP contribution in [-0.2, 0) is 27.4 Å². The molecule has 6 rings (SSSR count). The van der Waals surface area contributed by atoms with Gasteiger partial charge in [-0.3, -0.25) is 4.79 Å². The molecule has 0 saturated carbocycles. The Labute approximate surface area is 312 Å². The van der Waals surface area contributed by atoms with E-state index in [0.29, 0.717) is 57.6 Å². The van der Waals surface area contributed by atoms with Crippen LogP contribution in [0.2, 0.25) is 0 Å². The molecular formula is C42H49N7O4. The number of hydrogen-bond acceptors (Lipinski definition) is 7. The van der Waals surface area contributed by atoms with Gasteiger partial charge in [-0.1, -0.05) is 37.8 Å². The van der Waals surface area contributed by atoms with Crippen molar-refractivity contribution < 1.29 is 19.1 Å². The van der Waals surface area contributed by atoms with Crippen LogP contribution in [0, 0.1) is 43.5 Å². The predicted octanol–water partition coefficient (Wildman–Crippen LogP) is 6.27. The number of ether oxygens (including phenoxy) is 2. The molecule has 11 nitrogen and oxygen atoms in total. The van der Waals surface area contributed by atoms with Crippen LogP contribution in [0.5, 0.6) is 0 Å². The summed E-state index contributed by atoms with van der Waals surface area (Å²) in [6, 6.07) is 16.0. The molecule has 11 heteroatoms. The van der Waals surface area contributed by atoms with Gasteiger partial charge in [-0.25, -0.2) is 14.8 Å². The molecule has 2 atom stereocenters. The fourth-order valence-corrected chi connectivity index (χ4v) is 6.32. The first kappa shape index (κ1) is 40.0. The second-order valence-electron chi connectivity index (χ2n) is 12.8. The summed E-state index contributed by atoms with van der Waals surface area (Å²) in [7, 11) is 1.31. The maximum Gasteiger partial charge on any atom is 0.407 e. The number of carbonyl (C=O) groups is 2. The number of hydrogen-bond donors (Lipinski definition) is 4. The van der Waals surface area contributed by atoms with E-state index in [4.69, 9.17) is 19.4 Å². The van der Waals surface area contributed by atoms with Gasteiger partial charge in [0.2, 0.25) is 5.91 Å². The molecule has 0 bridgehead atoms. The third kappa shape index (κ3) is 10.2. The van der Waals surface area contributed by atoms with E-state index < -0.39 is 12.1 Å². The lowest BCUT2D eigenvalue weighted by Gasteiger charge is -2.33. The molecule has 0 radical (unpaired) electrons. The van der Waals surface area contributed by atoms with Gasteiger partial charge in [-0.15, -0.1) is 25.7 Å². The summed E-state index contributed by atoms with van der Waals surface area (Å²) in [6.45, 7) is 9.02. The van der Waals surface area contributed by atoms with Gasteiger partial charge in [0.1, 0.15) is 17.7 Å². The van der Waals surface area contributed by atoms with E-state index in [1.165, 1.54) is 7.11 Å². The highest BCUT2D eigenvalue weighted by Gasteiger charge is 2.34. The van der Waals surface area contributed by atoms with Gasteiger partial charge in [0.05, 0.1) is 42.3 Å². The van der Waals surface area contributed by atoms with Crippen molar-refractivity contribution in [2.24, 2.45) is 5.92 Å². The maximum absolute atomic E-state index is 13.9. The Morgan fingerprint density at radius 3 is 2.36 bits per heavy atom. The Kier molecular flexibility index (Phi) is 14.9. The monoisotopic (exact) mass is 715 g/mol. The SMILES string of the molecule is C#C.C#C.CCCN(Cc1nc2c(ccc3cc(C#Cc4ccc5nc(CN[C@@H](C)CC)[nH]c5c4)ccc32)[nH]1)C(=O)[C@@H](NC(=O)OC)C1CCOCC1. The van der Waals surface area contributed by atoms with Gasteiger partial charge in [0, 0.05) is 42.3 Å². The minimum Gasteiger partial charge on any atom is -0.453 e. The fraction of sp³-hybridized carbons (Fsp3) is 0.381. The van der Waals surface area contributed by atoms with Crippen LogP contribution in [0.3, 0.4) is 0 Å². The number of aromatic amines is 2. The van der Waals surface area contributed by atoms with E-state index in [1.807, 2.05) is 37.3 Å². The molecule has 1 aliphatic rings. The molecule has 3 heterocycles. The number of benzene rings is 3. The number of terminal acetylenes is 2. The van der Waals surface area contributed by atoms with Crippen LogP contribution in [0.4, 0.5) is 4.79 Å². The smallest absolute Gasteiger partial charge is 0.407 e. The summed E-state index contributed by atoms with van der Waals surface area (Å²) < 4.78 is 10.4. The molecule has 2 amide bonds. The average molecular weight is 716 g/mol. The van der Waals surface area contributed by atoms with E-state index in [1.54, 1.807) is 4.90 Å². The van der Waals surface area contributed by atoms with E-state index in [2.05, 4.69) is 90.2 Å². The topological polar surface area (TPSA) is 137 Å². The van der Waals surface area contributed by atoms with Gasteiger partial charge in [-0.05, 0) is 80.3 Å². The van der Waals surface area contributed by atoms with E-state index >= 15 is 0 Å². The first-order valence-corrected chi connectivity index (χ1v) is 17.9. The molecule has 2 aromatic heterocycles. The lowest BCUT2D eigenvalue weighted by molar-refractivity contribution is -0.136. The van der Waals surface area contributed by atoms with Gasteiger partial charge in [-0.2, -0.15) is 0 Å². The summed E-state index contributed by atoms with van der Waals surface area (Å²) in [5.74, 6) is 8.06. The van der Waals surface area contributed by atoms with E-state index in [-0.39, 0.29) is 11.8 Å². The largest absolute Gasteiger partial charge is 0.453 e. The summed E-state index contributed by atoms with van der Waals surface area (Å²) in [6.07, 6.45) is 18.6. The fourth-order valence-electron chi connectivity index (χ4n) is 6.32. The molecule has 5 aromatic rings. The second kappa shape index (κ2) is 19.7. The average Bonchev–Trinajstić information content (AvgIpc) is 3.82. The van der Waals surface area contributed by atoms with Crippen molar-refractivity contribution in [2.45, 2.75) is 71.6 Å². The molecule has 0 aliphatic carbocycles. The molecule has 1 saturated heterocycles. The highest BCUT2D eigenvalue weighted by molar-refractivity contribution is 6.04. The third-order valence-corrected chi connectivity index (χ3v) is 9.24. The van der Waals surface area contributed by atoms with Crippen LogP contribution in [0.1, 0.15) is 69.2 Å². The van der Waals surface area contributed by atoms with E-state index in [9.17, 15) is 9.59 Å². The quantitative estimate of drug-likeness (QED) is 0.118. The van der Waals surface area contributed by atoms with Gasteiger partial charge < -0.3 is 35.0 Å². The highest BCUT2D eigenvalue weighted by atomic mass is 16.5. The molecule has 276 valence electrons. The number of amides is 2. The number of methoxy groups -OCH3 is 1. The highest BCUT2D eigenvalue weighted by Crippen LogP contribution is 2.26. The van der Waals surface area contributed by atoms with Crippen molar-refractivity contribution in [1.82, 2.24) is 35.5 Å². The zero-order valence-electron chi connectivity index (χ0n) is 31.0. The van der Waals surface area contributed by atoms with Crippen molar-refractivity contribution >= 4 is 44.8 Å². The van der Waals surface area contributed by atoms with Gasteiger partial charge in [0.15, 0.2) is 0 Å². The predicted molar refractivity (Wildman–Crippen MR) is 211 cm³/mol. The van der Waals surface area contributed by atoms with Crippen LogP contribution in [0.15, 0.2) is 48.5 Å². The number of rotatable bonds is 11. The minimum absolute atomic E-state index is 0.0280. The van der Waals surface area contributed by atoms with Crippen LogP contribution in [0.25, 0.3) is 32.8 Å². The summed E-state index contributed by atoms with van der Waals surface area (Å²) in [5.41, 5.74) is 5.46. The first-order valence-electron chi connectivity index (χ1n) is 17.9. The standard InChI is InChI=1S/C38H45N7O4.2C2H2/c1-5-17-45(37(46)35(44-38(47)48-4)27-15-18-49-19-16-27)23-34-41-31-14-11-28-20-25(9-12-29(28)36(31)43-34)7-8-26-10-13-30-32(21-26)42-33(40-30)22-39-24(3)6-2;2*1-2/h9-14,20-21,24,27,35,39H,5-6,15-19,22-23H2,1-4H3,(H,40,42)(H,41,43)(H,44,47);2*1-2H/t24-,35-;;/m0../s1. The summed E-state index contributed by atoms with van der Waals surface area (Å²) >= 11 is 0. The van der Waals surface area contributed by atoms with Crippen molar-refractivity contribution in [3.8, 4) is 37.5 Å². The maximum atomic E-state index is 13.9. The second-order valence-corrected chi connectivity index (χ2v) is 12.8. The first-order chi connectivity index (χ1) is 25.8. The Bertz CT molecular complexity index is 2090. The van der Waals surface area contributed by atoms with Crippen LogP contribution < -0.4 is 10.6 Å². The summed E-state index contributed by atoms with van der Waals surface area (Å²) in [4.78, 5) is 44.4. The van der Waals surface area contributed by atoms with Crippen molar-refractivity contribution in [3.63, 3.8) is 0 Å². The minimum atomic E-state index is -0.691. The number of imidazole rings is 2. The number of nitrogens with one attached hydrogen (secondary N) is 4. The van der Waals surface area contributed by atoms with Gasteiger partial charge in [0.25, 0.3) is 0 Å². The number of carbonyl (C=O) groups excluding carboxylic acids is 2. The normalized spacial score (nSPS) is 13.7. The Morgan fingerprint density at radius 1 is 0.962 bits per heavy atom. The summed E-state index contributed by atoms with van der Waals surface area (Å²) in [5, 5.41) is 8.31. The Morgan fingerprint density at radius 2 is 1.66 bits per heavy atom. The van der Waals surface area contributed by atoms with Gasteiger partial charge >= 0.3 is 6.09 Å². The number of aromatic nitrogens is 4. The van der Waals surface area contributed by atoms with E-state index in [0.717, 1.165) is 62.6 Å². The Hall–Kier alpha value is -5.80. The molecule has 3 aromatic carbocycles. The van der Waals surface area contributed by atoms with Crippen molar-refractivity contribution in [3.05, 3.63) is 71.3 Å². The molecule has 0 unspecified atom stereocenters. The molecule has 0 spiro atoms. The van der Waals surface area contributed by atoms with Crippen LogP contribution in [-0.4, -0.2) is 75.8 Å². The van der Waals surface area contributed by atoms with Crippen LogP contribution >= 0.6 is 0 Å². The number of fused-ring (bicyclic) bond motifs is 4.